The number of carbonyl (C=O) groups excluding carboxylic acids is 1. The molecular weight excluding hydrogens is 256 g/mol. The van der Waals surface area contributed by atoms with Crippen LogP contribution in [0.15, 0.2) is 18.2 Å². The molecule has 0 saturated heterocycles. The van der Waals surface area contributed by atoms with Gasteiger partial charge in [0.15, 0.2) is 0 Å². The summed E-state index contributed by atoms with van der Waals surface area (Å²) in [6.45, 7) is 7.84. The Labute approximate surface area is 120 Å². The Kier molecular flexibility index (Phi) is 5.06. The molecule has 1 unspecified atom stereocenters. The summed E-state index contributed by atoms with van der Waals surface area (Å²) < 4.78 is 0. The lowest BCUT2D eigenvalue weighted by Gasteiger charge is -2.28. The first-order valence-corrected chi connectivity index (χ1v) is 6.86. The van der Waals surface area contributed by atoms with Gasteiger partial charge < -0.3 is 11.1 Å². The van der Waals surface area contributed by atoms with Gasteiger partial charge in [-0.25, -0.2) is 0 Å². The van der Waals surface area contributed by atoms with E-state index in [-0.39, 0.29) is 5.91 Å². The molecule has 0 fully saturated rings. The second-order valence-corrected chi connectivity index (χ2v) is 5.64. The Morgan fingerprint density at radius 1 is 1.42 bits per heavy atom. The fraction of sp³-hybridized carbons (Fsp3) is 0.467. The number of nitrogens with two attached hydrogens (primary N) is 1. The minimum absolute atomic E-state index is 0.0501. The molecule has 1 aromatic rings. The van der Waals surface area contributed by atoms with Crippen molar-refractivity contribution in [2.75, 3.05) is 0 Å². The van der Waals surface area contributed by atoms with Crippen LogP contribution in [0.5, 0.6) is 0 Å². The third kappa shape index (κ3) is 4.03. The molecule has 1 amide bonds. The standard InChI is InChI=1S/C15H22N2OS/c1-5-15(4,14(16)19)17-13(18)9-12-8-10(2)6-7-11(12)3/h6-8H,5,9H2,1-4H3,(H2,16,19)(H,17,18). The number of rotatable bonds is 5. The zero-order valence-electron chi connectivity index (χ0n) is 12.0. The van der Waals surface area contributed by atoms with Gasteiger partial charge in [-0.1, -0.05) is 42.9 Å². The van der Waals surface area contributed by atoms with Crippen LogP contribution < -0.4 is 11.1 Å². The minimum atomic E-state index is -0.607. The highest BCUT2D eigenvalue weighted by atomic mass is 32.1. The van der Waals surface area contributed by atoms with E-state index in [1.165, 1.54) is 0 Å². The molecular formula is C15H22N2OS. The lowest BCUT2D eigenvalue weighted by Crippen LogP contribution is -2.54. The fourth-order valence-corrected chi connectivity index (χ4v) is 2.04. The summed E-state index contributed by atoms with van der Waals surface area (Å²) in [6.07, 6.45) is 1.03. The van der Waals surface area contributed by atoms with Gasteiger partial charge >= 0.3 is 0 Å². The van der Waals surface area contributed by atoms with E-state index in [2.05, 4.69) is 5.32 Å². The number of hydrogen-bond acceptors (Lipinski definition) is 2. The normalized spacial score (nSPS) is 13.7. The van der Waals surface area contributed by atoms with Gasteiger partial charge in [-0.15, -0.1) is 0 Å². The molecule has 0 spiro atoms. The first kappa shape index (κ1) is 15.6. The van der Waals surface area contributed by atoms with Crippen molar-refractivity contribution in [1.29, 1.82) is 0 Å². The van der Waals surface area contributed by atoms with Crippen LogP contribution in [0, 0.1) is 13.8 Å². The number of aryl methyl sites for hydroxylation is 2. The topological polar surface area (TPSA) is 55.1 Å². The quantitative estimate of drug-likeness (QED) is 0.813. The van der Waals surface area contributed by atoms with E-state index in [0.29, 0.717) is 17.8 Å². The van der Waals surface area contributed by atoms with Crippen molar-refractivity contribution in [1.82, 2.24) is 5.32 Å². The SMILES string of the molecule is CCC(C)(NC(=O)Cc1cc(C)ccc1C)C(N)=S. The minimum Gasteiger partial charge on any atom is -0.391 e. The predicted molar refractivity (Wildman–Crippen MR) is 83.2 cm³/mol. The molecule has 0 heterocycles. The van der Waals surface area contributed by atoms with Gasteiger partial charge in [0, 0.05) is 0 Å². The predicted octanol–water partition coefficient (Wildman–Crippen LogP) is 2.42. The molecule has 0 radical (unpaired) electrons. The molecule has 0 aliphatic carbocycles. The molecule has 4 heteroatoms. The molecule has 3 N–H and O–H groups in total. The van der Waals surface area contributed by atoms with Crippen LogP contribution in [0.3, 0.4) is 0 Å². The number of thiocarbonyl (C=S) groups is 1. The van der Waals surface area contributed by atoms with Crippen molar-refractivity contribution in [3.8, 4) is 0 Å². The van der Waals surface area contributed by atoms with Gasteiger partial charge in [0.2, 0.25) is 5.91 Å². The van der Waals surface area contributed by atoms with Gasteiger partial charge in [-0.3, -0.25) is 4.79 Å². The maximum atomic E-state index is 12.1. The Bertz CT molecular complexity index is 499. The number of amides is 1. The number of nitrogens with one attached hydrogen (secondary N) is 1. The van der Waals surface area contributed by atoms with E-state index < -0.39 is 5.54 Å². The summed E-state index contributed by atoms with van der Waals surface area (Å²) >= 11 is 5.02. The van der Waals surface area contributed by atoms with Gasteiger partial charge in [0.25, 0.3) is 0 Å². The highest BCUT2D eigenvalue weighted by Gasteiger charge is 2.27. The maximum absolute atomic E-state index is 12.1. The molecule has 1 atom stereocenters. The van der Waals surface area contributed by atoms with E-state index >= 15 is 0 Å². The Hall–Kier alpha value is -1.42. The molecule has 1 rings (SSSR count). The summed E-state index contributed by atoms with van der Waals surface area (Å²) in [5.74, 6) is -0.0501. The van der Waals surface area contributed by atoms with Crippen molar-refractivity contribution in [3.05, 3.63) is 34.9 Å². The Balaban J connectivity index is 2.80. The van der Waals surface area contributed by atoms with E-state index in [1.807, 2.05) is 45.9 Å². The number of hydrogen-bond donors (Lipinski definition) is 2. The van der Waals surface area contributed by atoms with Gasteiger partial charge in [-0.05, 0) is 38.3 Å². The first-order valence-electron chi connectivity index (χ1n) is 6.45. The number of carbonyl (C=O) groups is 1. The van der Waals surface area contributed by atoms with Crippen molar-refractivity contribution >= 4 is 23.1 Å². The third-order valence-corrected chi connectivity index (χ3v) is 3.97. The monoisotopic (exact) mass is 278 g/mol. The molecule has 0 saturated carbocycles. The molecule has 0 bridgehead atoms. The Morgan fingerprint density at radius 3 is 2.58 bits per heavy atom. The highest BCUT2D eigenvalue weighted by Crippen LogP contribution is 2.14. The van der Waals surface area contributed by atoms with Crippen molar-refractivity contribution in [2.24, 2.45) is 5.73 Å². The summed E-state index contributed by atoms with van der Waals surface area (Å²) in [5, 5.41) is 2.93. The van der Waals surface area contributed by atoms with Crippen LogP contribution in [-0.2, 0) is 11.2 Å². The third-order valence-electron chi connectivity index (χ3n) is 3.52. The van der Waals surface area contributed by atoms with Crippen molar-refractivity contribution in [3.63, 3.8) is 0 Å². The van der Waals surface area contributed by atoms with Crippen LogP contribution in [-0.4, -0.2) is 16.4 Å². The second-order valence-electron chi connectivity index (χ2n) is 5.20. The van der Waals surface area contributed by atoms with Gasteiger partial charge in [0.1, 0.15) is 0 Å². The second kappa shape index (κ2) is 6.15. The van der Waals surface area contributed by atoms with E-state index in [1.54, 1.807) is 0 Å². The van der Waals surface area contributed by atoms with Crippen LogP contribution in [0.25, 0.3) is 0 Å². The van der Waals surface area contributed by atoms with E-state index in [4.69, 9.17) is 18.0 Å². The van der Waals surface area contributed by atoms with Gasteiger partial charge in [-0.2, -0.15) is 0 Å². The van der Waals surface area contributed by atoms with Crippen molar-refractivity contribution < 1.29 is 4.79 Å². The summed E-state index contributed by atoms with van der Waals surface area (Å²) in [6, 6.07) is 6.12. The lowest BCUT2D eigenvalue weighted by molar-refractivity contribution is -0.121. The number of benzene rings is 1. The largest absolute Gasteiger partial charge is 0.391 e. The molecule has 19 heavy (non-hydrogen) atoms. The van der Waals surface area contributed by atoms with Crippen LogP contribution in [0.1, 0.15) is 37.0 Å². The van der Waals surface area contributed by atoms with E-state index in [9.17, 15) is 4.79 Å². The molecule has 104 valence electrons. The van der Waals surface area contributed by atoms with E-state index in [0.717, 1.165) is 16.7 Å². The first-order chi connectivity index (χ1) is 8.78. The maximum Gasteiger partial charge on any atom is 0.225 e. The van der Waals surface area contributed by atoms with Crippen molar-refractivity contribution in [2.45, 2.75) is 46.1 Å². The smallest absolute Gasteiger partial charge is 0.225 e. The summed E-state index contributed by atoms with van der Waals surface area (Å²) in [5.41, 5.74) is 8.40. The average molecular weight is 278 g/mol. The molecule has 1 aromatic carbocycles. The molecule has 0 aromatic heterocycles. The average Bonchev–Trinajstić information content (AvgIpc) is 2.33. The molecule has 0 aliphatic rings. The zero-order valence-corrected chi connectivity index (χ0v) is 12.9. The molecule has 3 nitrogen and oxygen atoms in total. The lowest BCUT2D eigenvalue weighted by atomic mass is 9.97. The Morgan fingerprint density at radius 2 is 2.05 bits per heavy atom. The highest BCUT2D eigenvalue weighted by molar-refractivity contribution is 7.80. The summed E-state index contributed by atoms with van der Waals surface area (Å²) in [4.78, 5) is 12.5. The van der Waals surface area contributed by atoms with Crippen LogP contribution >= 0.6 is 12.2 Å². The van der Waals surface area contributed by atoms with Crippen LogP contribution in [0.2, 0.25) is 0 Å². The zero-order chi connectivity index (χ0) is 14.6. The molecule has 0 aliphatic heterocycles. The van der Waals surface area contributed by atoms with Crippen LogP contribution in [0.4, 0.5) is 0 Å². The van der Waals surface area contributed by atoms with Gasteiger partial charge in [0.05, 0.1) is 16.9 Å². The fourth-order valence-electron chi connectivity index (χ4n) is 1.84. The summed E-state index contributed by atoms with van der Waals surface area (Å²) in [7, 11) is 0.